The number of aromatic nitrogens is 1. The highest BCUT2D eigenvalue weighted by Gasteiger charge is 2.29. The van der Waals surface area contributed by atoms with E-state index in [1.54, 1.807) is 18.3 Å². The molecule has 5 nitrogen and oxygen atoms in total. The number of hydrogen-bond acceptors (Lipinski definition) is 4. The molecule has 0 aliphatic carbocycles. The summed E-state index contributed by atoms with van der Waals surface area (Å²) in [6, 6.07) is 3.54. The van der Waals surface area contributed by atoms with Gasteiger partial charge in [0.25, 0.3) is 5.91 Å². The summed E-state index contributed by atoms with van der Waals surface area (Å²) in [6.07, 6.45) is 1.66. The van der Waals surface area contributed by atoms with Gasteiger partial charge in [0.05, 0.1) is 5.56 Å². The van der Waals surface area contributed by atoms with Crippen LogP contribution in [0.1, 0.15) is 24.2 Å². The highest BCUT2D eigenvalue weighted by molar-refractivity contribution is 9.10. The Morgan fingerprint density at radius 3 is 2.67 bits per heavy atom. The van der Waals surface area contributed by atoms with Crippen LogP contribution in [0.2, 0.25) is 0 Å². The van der Waals surface area contributed by atoms with Crippen molar-refractivity contribution in [2.24, 2.45) is 0 Å². The SMILES string of the molecule is CN1CCN(C(C)(C)CNC(=O)c2cccnc2Br)CC1. The molecule has 0 bridgehead atoms. The lowest BCUT2D eigenvalue weighted by molar-refractivity contribution is 0.0587. The fourth-order valence-corrected chi connectivity index (χ4v) is 2.90. The number of hydrogen-bond donors (Lipinski definition) is 1. The predicted molar refractivity (Wildman–Crippen MR) is 87.4 cm³/mol. The molecule has 0 radical (unpaired) electrons. The molecule has 0 aromatic carbocycles. The summed E-state index contributed by atoms with van der Waals surface area (Å²) >= 11 is 3.31. The minimum atomic E-state index is -0.0859. The van der Waals surface area contributed by atoms with Crippen molar-refractivity contribution in [3.63, 3.8) is 0 Å². The van der Waals surface area contributed by atoms with Crippen LogP contribution in [0.4, 0.5) is 0 Å². The van der Waals surface area contributed by atoms with Crippen LogP contribution in [-0.2, 0) is 0 Å². The number of amides is 1. The lowest BCUT2D eigenvalue weighted by Crippen LogP contribution is -2.57. The van der Waals surface area contributed by atoms with Gasteiger partial charge in [0.2, 0.25) is 0 Å². The number of pyridine rings is 1. The van der Waals surface area contributed by atoms with Gasteiger partial charge >= 0.3 is 0 Å². The second-order valence-electron chi connectivity index (χ2n) is 6.13. The molecule has 2 heterocycles. The molecule has 1 amide bonds. The average Bonchev–Trinajstić information content (AvgIpc) is 2.46. The third kappa shape index (κ3) is 4.25. The first kappa shape index (κ1) is 16.4. The normalized spacial score (nSPS) is 17.7. The Morgan fingerprint density at radius 1 is 1.38 bits per heavy atom. The van der Waals surface area contributed by atoms with Gasteiger partial charge in [-0.05, 0) is 49.0 Å². The van der Waals surface area contributed by atoms with Gasteiger partial charge in [-0.15, -0.1) is 0 Å². The number of likely N-dealkylation sites (N-methyl/N-ethyl adjacent to an activating group) is 1. The van der Waals surface area contributed by atoms with E-state index in [0.29, 0.717) is 16.7 Å². The molecule has 0 unspecified atom stereocenters. The lowest BCUT2D eigenvalue weighted by Gasteiger charge is -2.43. The molecule has 21 heavy (non-hydrogen) atoms. The zero-order valence-electron chi connectivity index (χ0n) is 12.9. The Balaban J connectivity index is 1.92. The second kappa shape index (κ2) is 6.85. The van der Waals surface area contributed by atoms with Gasteiger partial charge in [-0.1, -0.05) is 0 Å². The Bertz CT molecular complexity index is 498. The summed E-state index contributed by atoms with van der Waals surface area (Å²) in [5, 5.41) is 3.02. The highest BCUT2D eigenvalue weighted by Crippen LogP contribution is 2.17. The third-order valence-electron chi connectivity index (χ3n) is 4.04. The fourth-order valence-electron chi connectivity index (χ4n) is 2.47. The van der Waals surface area contributed by atoms with E-state index in [-0.39, 0.29) is 11.4 Å². The van der Waals surface area contributed by atoms with Crippen molar-refractivity contribution < 1.29 is 4.79 Å². The zero-order valence-corrected chi connectivity index (χ0v) is 14.5. The summed E-state index contributed by atoms with van der Waals surface area (Å²) in [6.45, 7) is 9.20. The lowest BCUT2D eigenvalue weighted by atomic mass is 10.0. The Morgan fingerprint density at radius 2 is 2.05 bits per heavy atom. The molecule has 6 heteroatoms. The first-order valence-electron chi connectivity index (χ1n) is 7.22. The van der Waals surface area contributed by atoms with Crippen molar-refractivity contribution in [2.45, 2.75) is 19.4 Å². The van der Waals surface area contributed by atoms with E-state index >= 15 is 0 Å². The Labute approximate surface area is 134 Å². The van der Waals surface area contributed by atoms with Crippen LogP contribution in [-0.4, -0.2) is 66.0 Å². The molecule has 0 saturated carbocycles. The summed E-state index contributed by atoms with van der Waals surface area (Å²) in [5.74, 6) is -0.0859. The molecule has 1 aliphatic rings. The maximum absolute atomic E-state index is 12.2. The van der Waals surface area contributed by atoms with Gasteiger partial charge < -0.3 is 10.2 Å². The summed E-state index contributed by atoms with van der Waals surface area (Å²) < 4.78 is 0.583. The molecule has 1 saturated heterocycles. The zero-order chi connectivity index (χ0) is 15.5. The van der Waals surface area contributed by atoms with Gasteiger partial charge in [0.15, 0.2) is 0 Å². The number of piperazine rings is 1. The van der Waals surface area contributed by atoms with Crippen LogP contribution in [0.5, 0.6) is 0 Å². The van der Waals surface area contributed by atoms with E-state index < -0.39 is 0 Å². The number of carbonyl (C=O) groups excluding carboxylic acids is 1. The van der Waals surface area contributed by atoms with Gasteiger partial charge in [0, 0.05) is 44.5 Å². The van der Waals surface area contributed by atoms with Crippen molar-refractivity contribution in [1.82, 2.24) is 20.1 Å². The predicted octanol–water partition coefficient (Wildman–Crippen LogP) is 1.60. The van der Waals surface area contributed by atoms with Crippen molar-refractivity contribution >= 4 is 21.8 Å². The standard InChI is InChI=1S/C15H23BrN4O/c1-15(2,20-9-7-19(3)8-10-20)11-18-14(21)12-5-4-6-17-13(12)16/h4-6H,7-11H2,1-3H3,(H,18,21). The van der Waals surface area contributed by atoms with E-state index in [0.717, 1.165) is 26.2 Å². The number of nitrogens with zero attached hydrogens (tertiary/aromatic N) is 3. The molecular weight excluding hydrogens is 332 g/mol. The van der Waals surface area contributed by atoms with E-state index in [9.17, 15) is 4.79 Å². The van der Waals surface area contributed by atoms with Crippen molar-refractivity contribution in [2.75, 3.05) is 39.8 Å². The monoisotopic (exact) mass is 354 g/mol. The maximum atomic E-state index is 12.2. The van der Waals surface area contributed by atoms with Crippen LogP contribution in [0.3, 0.4) is 0 Å². The topological polar surface area (TPSA) is 48.5 Å². The van der Waals surface area contributed by atoms with Gasteiger partial charge in [0.1, 0.15) is 4.60 Å². The minimum absolute atomic E-state index is 0.0500. The Hall–Kier alpha value is -0.980. The summed E-state index contributed by atoms with van der Waals surface area (Å²) in [4.78, 5) is 21.1. The number of halogens is 1. The van der Waals surface area contributed by atoms with Crippen molar-refractivity contribution in [3.05, 3.63) is 28.5 Å². The summed E-state index contributed by atoms with van der Waals surface area (Å²) in [5.41, 5.74) is 0.526. The maximum Gasteiger partial charge on any atom is 0.254 e. The van der Waals surface area contributed by atoms with Gasteiger partial charge in [-0.2, -0.15) is 0 Å². The van der Waals surface area contributed by atoms with E-state index in [1.807, 2.05) is 0 Å². The van der Waals surface area contributed by atoms with E-state index in [2.05, 4.69) is 56.9 Å². The molecule has 1 aliphatic heterocycles. The number of nitrogens with one attached hydrogen (secondary N) is 1. The van der Waals surface area contributed by atoms with Gasteiger partial charge in [-0.25, -0.2) is 4.98 Å². The van der Waals surface area contributed by atoms with E-state index in [1.165, 1.54) is 0 Å². The molecule has 0 atom stereocenters. The number of rotatable bonds is 4. The molecule has 0 spiro atoms. The Kier molecular flexibility index (Phi) is 5.35. The molecule has 1 N–H and O–H groups in total. The van der Waals surface area contributed by atoms with Crippen molar-refractivity contribution in [3.8, 4) is 0 Å². The fraction of sp³-hybridized carbons (Fsp3) is 0.600. The largest absolute Gasteiger partial charge is 0.350 e. The van der Waals surface area contributed by atoms with Crippen LogP contribution < -0.4 is 5.32 Å². The molecule has 1 aromatic rings. The van der Waals surface area contributed by atoms with E-state index in [4.69, 9.17) is 0 Å². The third-order valence-corrected chi connectivity index (χ3v) is 4.68. The first-order chi connectivity index (χ1) is 9.90. The number of carbonyl (C=O) groups is 1. The molecule has 1 aromatic heterocycles. The molecule has 1 fully saturated rings. The van der Waals surface area contributed by atoms with Crippen LogP contribution >= 0.6 is 15.9 Å². The molecule has 116 valence electrons. The quantitative estimate of drug-likeness (QED) is 0.834. The molecule has 2 rings (SSSR count). The van der Waals surface area contributed by atoms with Crippen LogP contribution in [0.15, 0.2) is 22.9 Å². The smallest absolute Gasteiger partial charge is 0.254 e. The molecular formula is C15H23BrN4O. The van der Waals surface area contributed by atoms with Crippen molar-refractivity contribution in [1.29, 1.82) is 0 Å². The van der Waals surface area contributed by atoms with Gasteiger partial charge in [-0.3, -0.25) is 9.69 Å². The first-order valence-corrected chi connectivity index (χ1v) is 8.02. The second-order valence-corrected chi connectivity index (χ2v) is 6.88. The highest BCUT2D eigenvalue weighted by atomic mass is 79.9. The minimum Gasteiger partial charge on any atom is -0.350 e. The van der Waals surface area contributed by atoms with Crippen LogP contribution in [0.25, 0.3) is 0 Å². The summed E-state index contributed by atoms with van der Waals surface area (Å²) in [7, 11) is 2.14. The van der Waals surface area contributed by atoms with Crippen LogP contribution in [0, 0.1) is 0 Å². The average molecular weight is 355 g/mol.